The maximum absolute atomic E-state index is 10.8. The third-order valence-electron chi connectivity index (χ3n) is 1.26. The van der Waals surface area contributed by atoms with Crippen molar-refractivity contribution in [1.82, 2.24) is 9.97 Å². The van der Waals surface area contributed by atoms with Crippen molar-refractivity contribution >= 4 is 5.69 Å². The van der Waals surface area contributed by atoms with Crippen LogP contribution in [0.3, 0.4) is 0 Å². The number of aromatic nitrogens is 2. The molecule has 0 fully saturated rings. The summed E-state index contributed by atoms with van der Waals surface area (Å²) in [5.41, 5.74) is -0.696. The second kappa shape index (κ2) is 2.79. The normalized spacial score (nSPS) is 13.0. The van der Waals surface area contributed by atoms with Crippen molar-refractivity contribution in [2.24, 2.45) is 0 Å². The fraction of sp³-hybridized carbons (Fsp3) is 0.200. The van der Waals surface area contributed by atoms with Crippen LogP contribution in [0.2, 0.25) is 0 Å². The first-order valence-electron chi connectivity index (χ1n) is 2.90. The Morgan fingerprint density at radius 1 is 1.82 bits per heavy atom. The first-order valence-corrected chi connectivity index (χ1v) is 2.90. The minimum atomic E-state index is -1.25. The van der Waals surface area contributed by atoms with E-state index in [1.807, 2.05) is 0 Å². The molecule has 6 heteroatoms. The summed E-state index contributed by atoms with van der Waals surface area (Å²) in [6, 6.07) is 0. The van der Waals surface area contributed by atoms with Crippen molar-refractivity contribution in [2.75, 3.05) is 0 Å². The molecule has 0 spiro atoms. The maximum atomic E-state index is 10.8. The Morgan fingerprint density at radius 3 is 2.82 bits per heavy atom. The average molecular weight is 157 g/mol. The van der Waals surface area contributed by atoms with Crippen molar-refractivity contribution in [3.63, 3.8) is 0 Å². The second-order valence-electron chi connectivity index (χ2n) is 2.00. The van der Waals surface area contributed by atoms with Gasteiger partial charge in [0.1, 0.15) is 5.69 Å². The van der Waals surface area contributed by atoms with Crippen LogP contribution in [-0.4, -0.2) is 15.2 Å². The van der Waals surface area contributed by atoms with Crippen LogP contribution >= 0.6 is 0 Å². The minimum absolute atomic E-state index is 0.223. The zero-order valence-electron chi connectivity index (χ0n) is 5.79. The molecular weight excluding hydrogens is 150 g/mol. The molecule has 1 unspecified atom stereocenters. The summed E-state index contributed by atoms with van der Waals surface area (Å²) in [5, 5.41) is 17.6. The molecule has 1 atom stereocenters. The molecule has 0 amide bonds. The van der Waals surface area contributed by atoms with Crippen LogP contribution in [0.15, 0.2) is 11.1 Å². The minimum Gasteiger partial charge on any atom is -0.595 e. The third kappa shape index (κ3) is 1.43. The Hall–Kier alpha value is -1.24. The highest BCUT2D eigenvalue weighted by molar-refractivity contribution is 5.28. The average Bonchev–Trinajstić information content (AvgIpc) is 1.85. The number of nitrogens with zero attached hydrogens (tertiary/aromatic N) is 1. The van der Waals surface area contributed by atoms with Crippen LogP contribution in [0.25, 0.3) is 0 Å². The van der Waals surface area contributed by atoms with Crippen molar-refractivity contribution in [2.45, 2.75) is 6.92 Å². The predicted molar refractivity (Wildman–Crippen MR) is 35.4 cm³/mol. The number of hydrogen-bond donors (Lipinski definition) is 3. The van der Waals surface area contributed by atoms with Crippen LogP contribution in [0.1, 0.15) is 5.69 Å². The van der Waals surface area contributed by atoms with Gasteiger partial charge in [-0.25, -0.2) is 10.2 Å². The van der Waals surface area contributed by atoms with Gasteiger partial charge in [0.2, 0.25) is 0 Å². The summed E-state index contributed by atoms with van der Waals surface area (Å²) in [5.74, 6) is 0. The molecule has 3 N–H and O–H groups in total. The molecule has 0 saturated carbocycles. The number of quaternary nitrogens is 1. The molecule has 11 heavy (non-hydrogen) atoms. The van der Waals surface area contributed by atoms with Gasteiger partial charge in [-0.2, -0.15) is 5.23 Å². The SMILES string of the molecule is Cc1nc[nH]c(=O)c1[NH+]([O-])O. The molecule has 0 aliphatic carbocycles. The van der Waals surface area contributed by atoms with Crippen LogP contribution in [0.5, 0.6) is 0 Å². The van der Waals surface area contributed by atoms with Gasteiger partial charge in [-0.05, 0) is 6.92 Å². The van der Waals surface area contributed by atoms with E-state index in [0.29, 0.717) is 0 Å². The Kier molecular flexibility index (Phi) is 1.99. The van der Waals surface area contributed by atoms with E-state index >= 15 is 0 Å². The standard InChI is InChI=1S/C5H7N3O3/c1-3-4(8(10)11)5(9)7-2-6-3/h2,8,10H,1H3,(H,6,7,9). The van der Waals surface area contributed by atoms with Gasteiger partial charge in [-0.3, -0.25) is 4.79 Å². The third-order valence-corrected chi connectivity index (χ3v) is 1.26. The highest BCUT2D eigenvalue weighted by Crippen LogP contribution is 1.94. The van der Waals surface area contributed by atoms with Gasteiger partial charge in [0, 0.05) is 0 Å². The summed E-state index contributed by atoms with van der Waals surface area (Å²) < 4.78 is 0. The van der Waals surface area contributed by atoms with E-state index in [2.05, 4.69) is 9.97 Å². The number of aromatic amines is 1. The Morgan fingerprint density at radius 2 is 2.45 bits per heavy atom. The lowest BCUT2D eigenvalue weighted by Gasteiger charge is -2.10. The smallest absolute Gasteiger partial charge is 0.315 e. The number of aryl methyl sites for hydroxylation is 1. The molecule has 0 aliphatic heterocycles. The van der Waals surface area contributed by atoms with E-state index in [4.69, 9.17) is 5.21 Å². The number of H-pyrrole nitrogens is 1. The summed E-state index contributed by atoms with van der Waals surface area (Å²) in [6.45, 7) is 1.47. The Balaban J connectivity index is 3.33. The van der Waals surface area contributed by atoms with Gasteiger partial charge in [-0.15, -0.1) is 0 Å². The molecule has 6 nitrogen and oxygen atoms in total. The molecule has 0 radical (unpaired) electrons. The van der Waals surface area contributed by atoms with E-state index < -0.39 is 10.8 Å². The van der Waals surface area contributed by atoms with Crippen LogP contribution in [0, 0.1) is 12.1 Å². The zero-order valence-corrected chi connectivity index (χ0v) is 5.79. The summed E-state index contributed by atoms with van der Waals surface area (Å²) in [6.07, 6.45) is 1.17. The van der Waals surface area contributed by atoms with Gasteiger partial charge in [0.25, 0.3) is 5.69 Å². The maximum Gasteiger partial charge on any atom is 0.315 e. The first kappa shape index (κ1) is 7.86. The molecular formula is C5H7N3O3. The van der Waals surface area contributed by atoms with Crippen LogP contribution < -0.4 is 10.8 Å². The lowest BCUT2D eigenvalue weighted by Crippen LogP contribution is -3.00. The summed E-state index contributed by atoms with van der Waals surface area (Å²) in [4.78, 5) is 16.6. The van der Waals surface area contributed by atoms with Crippen molar-refractivity contribution < 1.29 is 10.4 Å². The van der Waals surface area contributed by atoms with Crippen molar-refractivity contribution in [3.05, 3.63) is 27.6 Å². The molecule has 1 aromatic heterocycles. The zero-order chi connectivity index (χ0) is 8.43. The molecule has 0 aromatic carbocycles. The van der Waals surface area contributed by atoms with Gasteiger partial charge >= 0.3 is 5.56 Å². The lowest BCUT2D eigenvalue weighted by atomic mass is 10.4. The summed E-state index contributed by atoms with van der Waals surface area (Å²) in [7, 11) is 0. The van der Waals surface area contributed by atoms with Gasteiger partial charge in [0.05, 0.1) is 6.33 Å². The van der Waals surface area contributed by atoms with Crippen LogP contribution in [0.4, 0.5) is 5.69 Å². The highest BCUT2D eigenvalue weighted by Gasteiger charge is 2.10. The number of nitrogens with one attached hydrogen (secondary N) is 2. The van der Waals surface area contributed by atoms with E-state index in [9.17, 15) is 10.0 Å². The number of rotatable bonds is 1. The monoisotopic (exact) mass is 157 g/mol. The number of hydrogen-bond acceptors (Lipinski definition) is 4. The van der Waals surface area contributed by atoms with E-state index in [1.54, 1.807) is 0 Å². The molecule has 1 heterocycles. The second-order valence-corrected chi connectivity index (χ2v) is 2.00. The van der Waals surface area contributed by atoms with Gasteiger partial charge < -0.3 is 10.2 Å². The van der Waals surface area contributed by atoms with Gasteiger partial charge in [-0.1, -0.05) is 0 Å². The fourth-order valence-corrected chi connectivity index (χ4v) is 0.741. The largest absolute Gasteiger partial charge is 0.595 e. The fourth-order valence-electron chi connectivity index (χ4n) is 0.741. The molecule has 60 valence electrons. The first-order chi connectivity index (χ1) is 5.13. The predicted octanol–water partition coefficient (Wildman–Crippen LogP) is -1.52. The molecule has 0 saturated heterocycles. The van der Waals surface area contributed by atoms with Crippen LogP contribution in [-0.2, 0) is 0 Å². The Bertz CT molecular complexity index is 306. The van der Waals surface area contributed by atoms with Crippen molar-refractivity contribution in [3.8, 4) is 0 Å². The van der Waals surface area contributed by atoms with Crippen molar-refractivity contribution in [1.29, 1.82) is 0 Å². The Labute approximate surface area is 61.7 Å². The topological polar surface area (TPSA) is 93.5 Å². The van der Waals surface area contributed by atoms with E-state index in [0.717, 1.165) is 0 Å². The quantitative estimate of drug-likeness (QED) is 0.431. The highest BCUT2D eigenvalue weighted by atomic mass is 16.8. The molecule has 1 aromatic rings. The molecule has 0 bridgehead atoms. The summed E-state index contributed by atoms with van der Waals surface area (Å²) >= 11 is 0. The lowest BCUT2D eigenvalue weighted by molar-refractivity contribution is -0.992. The van der Waals surface area contributed by atoms with E-state index in [1.165, 1.54) is 13.3 Å². The molecule has 0 aliphatic rings. The van der Waals surface area contributed by atoms with E-state index in [-0.39, 0.29) is 11.4 Å². The van der Waals surface area contributed by atoms with Gasteiger partial charge in [0.15, 0.2) is 0 Å². The molecule has 1 rings (SSSR count).